The molecule has 1 N–H and O–H groups in total. The topological polar surface area (TPSA) is 58.1 Å². The first-order valence-electron chi connectivity index (χ1n) is 7.31. The fraction of sp³-hybridized carbons (Fsp3) is 0.312. The molecule has 0 aliphatic carbocycles. The van der Waals surface area contributed by atoms with Gasteiger partial charge in [-0.05, 0) is 18.6 Å². The van der Waals surface area contributed by atoms with E-state index in [1.807, 2.05) is 6.92 Å². The average molecular weight is 320 g/mol. The summed E-state index contributed by atoms with van der Waals surface area (Å²) in [7, 11) is 1.71. The maximum atomic E-state index is 13.6. The van der Waals surface area contributed by atoms with Gasteiger partial charge < -0.3 is 10.2 Å². The van der Waals surface area contributed by atoms with Crippen LogP contribution in [0.1, 0.15) is 30.3 Å². The minimum Gasteiger partial charge on any atom is -0.340 e. The number of benzene rings is 1. The second kappa shape index (κ2) is 7.62. The van der Waals surface area contributed by atoms with Gasteiger partial charge >= 0.3 is 0 Å². The number of aromatic nitrogens is 2. The molecule has 0 aliphatic heterocycles. The van der Waals surface area contributed by atoms with Crippen molar-refractivity contribution in [3.63, 3.8) is 0 Å². The fourth-order valence-corrected chi connectivity index (χ4v) is 1.92. The van der Waals surface area contributed by atoms with Crippen molar-refractivity contribution in [2.24, 2.45) is 0 Å². The van der Waals surface area contributed by atoms with E-state index in [2.05, 4.69) is 15.3 Å². The Morgan fingerprint density at radius 3 is 2.65 bits per heavy atom. The number of unbranched alkanes of at least 4 members (excludes halogenated alkanes) is 1. The molecule has 1 heterocycles. The fourth-order valence-electron chi connectivity index (χ4n) is 1.92. The van der Waals surface area contributed by atoms with E-state index in [-0.39, 0.29) is 23.1 Å². The van der Waals surface area contributed by atoms with Gasteiger partial charge in [0.2, 0.25) is 0 Å². The lowest BCUT2D eigenvalue weighted by Crippen LogP contribution is -2.28. The van der Waals surface area contributed by atoms with Gasteiger partial charge in [-0.25, -0.2) is 18.7 Å². The summed E-state index contributed by atoms with van der Waals surface area (Å²) in [6, 6.07) is 3.18. The van der Waals surface area contributed by atoms with E-state index in [9.17, 15) is 13.6 Å². The van der Waals surface area contributed by atoms with Crippen molar-refractivity contribution in [3.05, 3.63) is 47.9 Å². The zero-order valence-electron chi connectivity index (χ0n) is 13.0. The van der Waals surface area contributed by atoms with Gasteiger partial charge in [-0.15, -0.1) is 0 Å². The molecule has 0 unspecified atom stereocenters. The second-order valence-electron chi connectivity index (χ2n) is 5.12. The lowest BCUT2D eigenvalue weighted by atomic mass is 10.3. The number of halogens is 2. The minimum absolute atomic E-state index is 0.0832. The van der Waals surface area contributed by atoms with E-state index in [4.69, 9.17) is 0 Å². The van der Waals surface area contributed by atoms with Crippen LogP contribution in [-0.4, -0.2) is 34.4 Å². The second-order valence-corrected chi connectivity index (χ2v) is 5.12. The van der Waals surface area contributed by atoms with Crippen LogP contribution in [0.5, 0.6) is 0 Å². The first-order valence-corrected chi connectivity index (χ1v) is 7.31. The Kier molecular flexibility index (Phi) is 5.56. The van der Waals surface area contributed by atoms with Crippen molar-refractivity contribution >= 4 is 17.4 Å². The van der Waals surface area contributed by atoms with Gasteiger partial charge in [-0.2, -0.15) is 0 Å². The van der Waals surface area contributed by atoms with Crippen molar-refractivity contribution in [2.75, 3.05) is 18.9 Å². The molecule has 0 fully saturated rings. The third-order valence-electron chi connectivity index (χ3n) is 3.26. The smallest absolute Gasteiger partial charge is 0.273 e. The van der Waals surface area contributed by atoms with Crippen LogP contribution in [0.15, 0.2) is 30.6 Å². The van der Waals surface area contributed by atoms with E-state index in [0.29, 0.717) is 6.54 Å². The van der Waals surface area contributed by atoms with Crippen LogP contribution >= 0.6 is 0 Å². The number of anilines is 2. The Morgan fingerprint density at radius 1 is 1.26 bits per heavy atom. The summed E-state index contributed by atoms with van der Waals surface area (Å²) in [4.78, 5) is 21.8. The molecule has 1 amide bonds. The van der Waals surface area contributed by atoms with Crippen LogP contribution in [0.2, 0.25) is 0 Å². The maximum Gasteiger partial charge on any atom is 0.273 e. The zero-order valence-corrected chi connectivity index (χ0v) is 13.0. The van der Waals surface area contributed by atoms with Gasteiger partial charge in [-0.1, -0.05) is 13.3 Å². The van der Waals surface area contributed by atoms with Crippen LogP contribution < -0.4 is 5.32 Å². The lowest BCUT2D eigenvalue weighted by molar-refractivity contribution is 0.0787. The molecule has 23 heavy (non-hydrogen) atoms. The number of amides is 1. The molecule has 5 nitrogen and oxygen atoms in total. The summed E-state index contributed by atoms with van der Waals surface area (Å²) in [5.74, 6) is -1.34. The van der Waals surface area contributed by atoms with Crippen LogP contribution in [0.25, 0.3) is 0 Å². The zero-order chi connectivity index (χ0) is 16.8. The quantitative estimate of drug-likeness (QED) is 0.886. The molecule has 0 bridgehead atoms. The molecule has 0 aliphatic rings. The van der Waals surface area contributed by atoms with Crippen molar-refractivity contribution in [3.8, 4) is 0 Å². The molecule has 0 radical (unpaired) electrons. The third-order valence-corrected chi connectivity index (χ3v) is 3.26. The monoisotopic (exact) mass is 320 g/mol. The third kappa shape index (κ3) is 4.45. The Labute approximate surface area is 133 Å². The molecule has 0 saturated carbocycles. The van der Waals surface area contributed by atoms with E-state index in [0.717, 1.165) is 25.0 Å². The predicted octanol–water partition coefficient (Wildman–Crippen LogP) is 3.37. The first-order chi connectivity index (χ1) is 11.0. The van der Waals surface area contributed by atoms with Gasteiger partial charge in [0, 0.05) is 19.7 Å². The largest absolute Gasteiger partial charge is 0.340 e. The van der Waals surface area contributed by atoms with Crippen LogP contribution in [0.3, 0.4) is 0 Å². The lowest BCUT2D eigenvalue weighted by Gasteiger charge is -2.16. The SMILES string of the molecule is CCCCN(C)C(=O)c1cnc(Nc2ccc(F)cc2F)cn1. The highest BCUT2D eigenvalue weighted by molar-refractivity contribution is 5.91. The van der Waals surface area contributed by atoms with Gasteiger partial charge in [0.25, 0.3) is 5.91 Å². The van der Waals surface area contributed by atoms with E-state index in [1.54, 1.807) is 11.9 Å². The van der Waals surface area contributed by atoms with Gasteiger partial charge in [0.15, 0.2) is 0 Å². The average Bonchev–Trinajstić information content (AvgIpc) is 2.55. The van der Waals surface area contributed by atoms with Gasteiger partial charge in [0.05, 0.1) is 18.1 Å². The first kappa shape index (κ1) is 16.8. The molecule has 7 heteroatoms. The molecular formula is C16H18F2N4O. The number of carbonyl (C=O) groups excluding carboxylic acids is 1. The molecule has 1 aromatic carbocycles. The summed E-state index contributed by atoms with van der Waals surface area (Å²) < 4.78 is 26.4. The van der Waals surface area contributed by atoms with Crippen molar-refractivity contribution in [1.82, 2.24) is 14.9 Å². The molecular weight excluding hydrogens is 302 g/mol. The molecule has 2 rings (SSSR count). The number of hydrogen-bond acceptors (Lipinski definition) is 4. The van der Waals surface area contributed by atoms with Crippen LogP contribution in [0.4, 0.5) is 20.3 Å². The summed E-state index contributed by atoms with van der Waals surface area (Å²) in [5.41, 5.74) is 0.300. The standard InChI is InChI=1S/C16H18F2N4O/c1-3-4-7-22(2)16(23)14-9-20-15(10-19-14)21-13-6-5-11(17)8-12(13)18/h5-6,8-10H,3-4,7H2,1-2H3,(H,20,21). The van der Waals surface area contributed by atoms with Crippen molar-refractivity contribution < 1.29 is 13.6 Å². The van der Waals surface area contributed by atoms with Crippen LogP contribution in [-0.2, 0) is 0 Å². The Bertz CT molecular complexity index is 676. The summed E-state index contributed by atoms with van der Waals surface area (Å²) >= 11 is 0. The Hall–Kier alpha value is -2.57. The predicted molar refractivity (Wildman–Crippen MR) is 83.5 cm³/mol. The number of nitrogens with one attached hydrogen (secondary N) is 1. The number of rotatable bonds is 6. The highest BCUT2D eigenvalue weighted by atomic mass is 19.1. The number of nitrogens with zero attached hydrogens (tertiary/aromatic N) is 3. The van der Waals surface area contributed by atoms with E-state index in [1.165, 1.54) is 18.5 Å². The summed E-state index contributed by atoms with van der Waals surface area (Å²) in [6.45, 7) is 2.70. The van der Waals surface area contributed by atoms with E-state index < -0.39 is 11.6 Å². The molecule has 0 spiro atoms. The highest BCUT2D eigenvalue weighted by Gasteiger charge is 2.13. The Balaban J connectivity index is 2.05. The highest BCUT2D eigenvalue weighted by Crippen LogP contribution is 2.18. The number of hydrogen-bond donors (Lipinski definition) is 1. The normalized spacial score (nSPS) is 10.4. The van der Waals surface area contributed by atoms with E-state index >= 15 is 0 Å². The number of carbonyl (C=O) groups is 1. The summed E-state index contributed by atoms with van der Waals surface area (Å²) in [5, 5.41) is 2.69. The Morgan fingerprint density at radius 2 is 2.04 bits per heavy atom. The van der Waals surface area contributed by atoms with Gasteiger partial charge in [-0.3, -0.25) is 4.79 Å². The summed E-state index contributed by atoms with van der Waals surface area (Å²) in [6.07, 6.45) is 4.58. The molecule has 0 atom stereocenters. The van der Waals surface area contributed by atoms with Crippen molar-refractivity contribution in [2.45, 2.75) is 19.8 Å². The molecule has 0 saturated heterocycles. The van der Waals surface area contributed by atoms with Crippen molar-refractivity contribution in [1.29, 1.82) is 0 Å². The maximum absolute atomic E-state index is 13.6. The molecule has 2 aromatic rings. The van der Waals surface area contributed by atoms with Gasteiger partial charge in [0.1, 0.15) is 23.1 Å². The molecule has 1 aromatic heterocycles. The van der Waals surface area contributed by atoms with Crippen LogP contribution in [0, 0.1) is 11.6 Å². The minimum atomic E-state index is -0.730. The molecule has 122 valence electrons.